The molecule has 0 aliphatic carbocycles. The van der Waals surface area contributed by atoms with E-state index in [0.717, 1.165) is 26.2 Å². The molecule has 33 heavy (non-hydrogen) atoms. The molecule has 1 aromatic heterocycles. The molecular weight excluding hydrogens is 424 g/mol. The van der Waals surface area contributed by atoms with Gasteiger partial charge in [-0.15, -0.1) is 0 Å². The van der Waals surface area contributed by atoms with Gasteiger partial charge in [-0.2, -0.15) is 0 Å². The van der Waals surface area contributed by atoms with Crippen LogP contribution in [0, 0.1) is 0 Å². The monoisotopic (exact) mass is 452 g/mol. The molecule has 2 aromatic rings. The summed E-state index contributed by atoms with van der Waals surface area (Å²) in [5.74, 6) is 0.824. The van der Waals surface area contributed by atoms with Crippen LogP contribution in [0.15, 0.2) is 54.0 Å². The first-order valence-corrected chi connectivity index (χ1v) is 11.0. The zero-order chi connectivity index (χ0) is 23.2. The number of piperazine rings is 1. The Labute approximate surface area is 192 Å². The molecule has 0 saturated carbocycles. The molecular formula is C23H28N6O4. The molecule has 2 N–H and O–H groups in total. The number of benzene rings is 1. The van der Waals surface area contributed by atoms with Crippen LogP contribution < -0.4 is 20.3 Å². The number of para-hydroxylation sites is 1. The van der Waals surface area contributed by atoms with E-state index in [2.05, 4.69) is 30.4 Å². The zero-order valence-electron chi connectivity index (χ0n) is 18.8. The van der Waals surface area contributed by atoms with E-state index >= 15 is 0 Å². The fraction of sp³-hybridized carbons (Fsp3) is 0.391. The Morgan fingerprint density at radius 2 is 1.85 bits per heavy atom. The van der Waals surface area contributed by atoms with Crippen LogP contribution in [0.3, 0.4) is 0 Å². The molecule has 1 saturated heterocycles. The number of ether oxygens (including phenoxy) is 2. The number of nitrogens with one attached hydrogen (secondary N) is 2. The first-order valence-electron chi connectivity index (χ1n) is 11.0. The van der Waals surface area contributed by atoms with Gasteiger partial charge in [-0.3, -0.25) is 4.90 Å². The number of urea groups is 1. The lowest BCUT2D eigenvalue weighted by molar-refractivity contribution is -0.139. The maximum Gasteiger partial charge on any atom is 0.338 e. The minimum absolute atomic E-state index is 0.234. The Morgan fingerprint density at radius 3 is 2.55 bits per heavy atom. The number of hydrogen-bond acceptors (Lipinski definition) is 8. The fourth-order valence-electron chi connectivity index (χ4n) is 4.11. The molecule has 1 atom stereocenters. The standard InChI is InChI=1S/C23H28N6O4/c1-3-33-21(30)19-17(15-28-11-13-29(14-12-28)22-24-9-6-10-25-22)26-23(31)27-20(19)16-7-4-5-8-18(16)32-2/h4-10,20H,3,11-15H2,1-2H3,(H2,26,27,31). The lowest BCUT2D eigenvalue weighted by Crippen LogP contribution is -2.52. The van der Waals surface area contributed by atoms with E-state index in [1.165, 1.54) is 0 Å². The van der Waals surface area contributed by atoms with Gasteiger partial charge in [-0.05, 0) is 19.1 Å². The van der Waals surface area contributed by atoms with Crippen molar-refractivity contribution in [2.75, 3.05) is 51.3 Å². The van der Waals surface area contributed by atoms with Crippen LogP contribution in [0.25, 0.3) is 0 Å². The zero-order valence-corrected chi connectivity index (χ0v) is 18.8. The minimum atomic E-state index is -0.678. The fourth-order valence-corrected chi connectivity index (χ4v) is 4.11. The van der Waals surface area contributed by atoms with Gasteiger partial charge < -0.3 is 25.0 Å². The summed E-state index contributed by atoms with van der Waals surface area (Å²) in [4.78, 5) is 38.5. The third-order valence-electron chi connectivity index (χ3n) is 5.69. The third kappa shape index (κ3) is 5.06. The molecule has 4 rings (SSSR count). The Balaban J connectivity index is 1.59. The summed E-state index contributed by atoms with van der Waals surface area (Å²) in [5, 5.41) is 5.70. The number of aromatic nitrogens is 2. The highest BCUT2D eigenvalue weighted by Gasteiger charge is 2.36. The molecule has 2 aliphatic heterocycles. The van der Waals surface area contributed by atoms with Crippen LogP contribution >= 0.6 is 0 Å². The van der Waals surface area contributed by atoms with Gasteiger partial charge in [-0.1, -0.05) is 18.2 Å². The van der Waals surface area contributed by atoms with Gasteiger partial charge in [-0.25, -0.2) is 19.6 Å². The highest BCUT2D eigenvalue weighted by molar-refractivity contribution is 5.95. The van der Waals surface area contributed by atoms with E-state index in [4.69, 9.17) is 9.47 Å². The topological polar surface area (TPSA) is 109 Å². The predicted molar refractivity (Wildman–Crippen MR) is 122 cm³/mol. The SMILES string of the molecule is CCOC(=O)C1=C(CN2CCN(c3ncccn3)CC2)NC(=O)NC1c1ccccc1OC. The van der Waals surface area contributed by atoms with Crippen molar-refractivity contribution in [2.45, 2.75) is 13.0 Å². The number of amides is 2. The molecule has 10 heteroatoms. The molecule has 2 aliphatic rings. The summed E-state index contributed by atoms with van der Waals surface area (Å²) >= 11 is 0. The van der Waals surface area contributed by atoms with E-state index in [1.54, 1.807) is 38.6 Å². The molecule has 1 aromatic carbocycles. The first kappa shape index (κ1) is 22.5. The molecule has 2 amide bonds. The molecule has 0 spiro atoms. The normalized spacial score (nSPS) is 19.0. The highest BCUT2D eigenvalue weighted by atomic mass is 16.5. The Bertz CT molecular complexity index is 1020. The second-order valence-corrected chi connectivity index (χ2v) is 7.70. The van der Waals surface area contributed by atoms with Crippen molar-refractivity contribution in [1.29, 1.82) is 0 Å². The smallest absolute Gasteiger partial charge is 0.338 e. The van der Waals surface area contributed by atoms with Crippen molar-refractivity contribution in [2.24, 2.45) is 0 Å². The maximum absolute atomic E-state index is 13.0. The number of rotatable bonds is 7. The van der Waals surface area contributed by atoms with Crippen molar-refractivity contribution in [1.82, 2.24) is 25.5 Å². The lowest BCUT2D eigenvalue weighted by atomic mass is 9.94. The summed E-state index contributed by atoms with van der Waals surface area (Å²) < 4.78 is 10.9. The van der Waals surface area contributed by atoms with Gasteiger partial charge in [0.05, 0.1) is 25.3 Å². The minimum Gasteiger partial charge on any atom is -0.496 e. The second kappa shape index (κ2) is 10.3. The Morgan fingerprint density at radius 1 is 1.12 bits per heavy atom. The van der Waals surface area contributed by atoms with Gasteiger partial charge in [0, 0.05) is 56.4 Å². The predicted octanol–water partition coefficient (Wildman–Crippen LogP) is 1.48. The van der Waals surface area contributed by atoms with E-state index in [1.807, 2.05) is 18.2 Å². The van der Waals surface area contributed by atoms with E-state index in [-0.39, 0.29) is 12.6 Å². The van der Waals surface area contributed by atoms with Crippen molar-refractivity contribution in [3.63, 3.8) is 0 Å². The van der Waals surface area contributed by atoms with Crippen molar-refractivity contribution in [3.8, 4) is 5.75 Å². The number of carbonyl (C=O) groups excluding carboxylic acids is 2. The number of hydrogen-bond donors (Lipinski definition) is 2. The number of anilines is 1. The van der Waals surface area contributed by atoms with Crippen LogP contribution in [0.1, 0.15) is 18.5 Å². The van der Waals surface area contributed by atoms with Gasteiger partial charge in [0.1, 0.15) is 5.75 Å². The summed E-state index contributed by atoms with van der Waals surface area (Å²) in [7, 11) is 1.56. The number of nitrogens with zero attached hydrogens (tertiary/aromatic N) is 4. The lowest BCUT2D eigenvalue weighted by Gasteiger charge is -2.37. The summed E-state index contributed by atoms with van der Waals surface area (Å²) in [6.45, 7) is 5.37. The van der Waals surface area contributed by atoms with Gasteiger partial charge >= 0.3 is 12.0 Å². The van der Waals surface area contributed by atoms with E-state index < -0.39 is 12.0 Å². The third-order valence-corrected chi connectivity index (χ3v) is 5.69. The molecule has 3 heterocycles. The van der Waals surface area contributed by atoms with Crippen molar-refractivity contribution in [3.05, 3.63) is 59.6 Å². The van der Waals surface area contributed by atoms with Gasteiger partial charge in [0.25, 0.3) is 0 Å². The van der Waals surface area contributed by atoms with Crippen LogP contribution in [-0.4, -0.2) is 73.3 Å². The molecule has 10 nitrogen and oxygen atoms in total. The van der Waals surface area contributed by atoms with E-state index in [9.17, 15) is 9.59 Å². The van der Waals surface area contributed by atoms with Crippen LogP contribution in [-0.2, 0) is 9.53 Å². The van der Waals surface area contributed by atoms with Crippen LogP contribution in [0.5, 0.6) is 5.75 Å². The largest absolute Gasteiger partial charge is 0.496 e. The van der Waals surface area contributed by atoms with E-state index in [0.29, 0.717) is 35.1 Å². The number of methoxy groups -OCH3 is 1. The average Bonchev–Trinajstić information content (AvgIpc) is 2.84. The molecule has 1 fully saturated rings. The van der Waals surface area contributed by atoms with Gasteiger partial charge in [0.15, 0.2) is 0 Å². The molecule has 0 radical (unpaired) electrons. The van der Waals surface area contributed by atoms with Crippen LogP contribution in [0.4, 0.5) is 10.7 Å². The van der Waals surface area contributed by atoms with Gasteiger partial charge in [0.2, 0.25) is 5.95 Å². The van der Waals surface area contributed by atoms with Crippen molar-refractivity contribution < 1.29 is 19.1 Å². The molecule has 0 bridgehead atoms. The highest BCUT2D eigenvalue weighted by Crippen LogP contribution is 2.33. The Hall–Kier alpha value is -3.66. The second-order valence-electron chi connectivity index (χ2n) is 7.70. The summed E-state index contributed by atoms with van der Waals surface area (Å²) in [6.07, 6.45) is 3.46. The maximum atomic E-state index is 13.0. The van der Waals surface area contributed by atoms with Crippen molar-refractivity contribution >= 4 is 17.9 Å². The number of carbonyl (C=O) groups is 2. The first-order chi connectivity index (χ1) is 16.1. The van der Waals surface area contributed by atoms with Crippen LogP contribution in [0.2, 0.25) is 0 Å². The Kier molecular flexibility index (Phi) is 7.04. The quantitative estimate of drug-likeness (QED) is 0.608. The molecule has 174 valence electrons. The summed E-state index contributed by atoms with van der Waals surface area (Å²) in [5.41, 5.74) is 1.62. The average molecular weight is 453 g/mol. The number of esters is 1. The molecule has 1 unspecified atom stereocenters. The summed E-state index contributed by atoms with van der Waals surface area (Å²) in [6, 6.07) is 8.07.